The molecule has 0 aliphatic carbocycles. The molecule has 0 saturated heterocycles. The third-order valence-electron chi connectivity index (χ3n) is 4.24. The lowest BCUT2D eigenvalue weighted by Crippen LogP contribution is -2.24. The van der Waals surface area contributed by atoms with Crippen LogP contribution in [0.5, 0.6) is 0 Å². The first kappa shape index (κ1) is 16.5. The SMILES string of the molecule is CN1C(=CC(=O)CSc2nccc(=O)[nH]2)C(C)(C)c2ccccc21. The third-order valence-corrected chi connectivity index (χ3v) is 5.15. The van der Waals surface area contributed by atoms with E-state index in [1.54, 1.807) is 6.08 Å². The number of fused-ring (bicyclic) bond motifs is 1. The minimum absolute atomic E-state index is 0.00534. The number of carbonyl (C=O) groups excluding carboxylic acids is 1. The first-order chi connectivity index (χ1) is 11.4. The van der Waals surface area contributed by atoms with Gasteiger partial charge < -0.3 is 9.88 Å². The van der Waals surface area contributed by atoms with Crippen molar-refractivity contribution in [3.8, 4) is 0 Å². The highest BCUT2D eigenvalue weighted by molar-refractivity contribution is 7.99. The quantitative estimate of drug-likeness (QED) is 0.526. The molecule has 0 unspecified atom stereocenters. The number of aromatic nitrogens is 2. The molecule has 0 amide bonds. The normalized spacial score (nSPS) is 17.1. The summed E-state index contributed by atoms with van der Waals surface area (Å²) in [5.41, 5.74) is 2.89. The molecule has 0 bridgehead atoms. The van der Waals surface area contributed by atoms with Crippen molar-refractivity contribution < 1.29 is 4.79 Å². The Balaban J connectivity index is 1.79. The molecule has 0 spiro atoms. The van der Waals surface area contributed by atoms with Crippen molar-refractivity contribution >= 4 is 23.2 Å². The molecular weight excluding hydrogens is 322 g/mol. The molecule has 1 aliphatic heterocycles. The Morgan fingerprint density at radius 1 is 1.33 bits per heavy atom. The number of nitrogens with one attached hydrogen (secondary N) is 1. The van der Waals surface area contributed by atoms with Crippen LogP contribution in [-0.4, -0.2) is 28.6 Å². The van der Waals surface area contributed by atoms with Crippen LogP contribution in [0.3, 0.4) is 0 Å². The molecule has 5 nitrogen and oxygen atoms in total. The van der Waals surface area contributed by atoms with Crippen LogP contribution in [0.15, 0.2) is 58.3 Å². The van der Waals surface area contributed by atoms with E-state index >= 15 is 0 Å². The lowest BCUT2D eigenvalue weighted by Gasteiger charge is -2.23. The summed E-state index contributed by atoms with van der Waals surface area (Å²) in [4.78, 5) is 32.4. The summed E-state index contributed by atoms with van der Waals surface area (Å²) < 4.78 is 0. The molecule has 2 heterocycles. The lowest BCUT2D eigenvalue weighted by molar-refractivity contribution is -0.112. The predicted molar refractivity (Wildman–Crippen MR) is 96.5 cm³/mol. The van der Waals surface area contributed by atoms with Gasteiger partial charge in [-0.05, 0) is 11.6 Å². The van der Waals surface area contributed by atoms with Crippen LogP contribution < -0.4 is 10.5 Å². The van der Waals surface area contributed by atoms with Crippen LogP contribution in [0.4, 0.5) is 5.69 Å². The highest BCUT2D eigenvalue weighted by atomic mass is 32.2. The first-order valence-corrected chi connectivity index (χ1v) is 8.64. The summed E-state index contributed by atoms with van der Waals surface area (Å²) in [5.74, 6) is 0.228. The van der Waals surface area contributed by atoms with E-state index in [0.717, 1.165) is 11.4 Å². The molecule has 3 rings (SSSR count). The van der Waals surface area contributed by atoms with Crippen molar-refractivity contribution in [3.05, 3.63) is 64.2 Å². The number of allylic oxidation sites excluding steroid dienone is 2. The van der Waals surface area contributed by atoms with E-state index in [9.17, 15) is 9.59 Å². The number of carbonyl (C=O) groups is 1. The standard InChI is InChI=1S/C18H19N3O2S/c1-18(2)13-6-4-5-7-14(13)21(3)15(18)10-12(22)11-24-17-19-9-8-16(23)20-17/h4-10H,11H2,1-3H3,(H,19,20,23). The van der Waals surface area contributed by atoms with Gasteiger partial charge in [0, 0.05) is 42.2 Å². The zero-order chi connectivity index (χ0) is 17.3. The molecule has 24 heavy (non-hydrogen) atoms. The smallest absolute Gasteiger partial charge is 0.251 e. The van der Waals surface area contributed by atoms with Crippen LogP contribution in [0.25, 0.3) is 0 Å². The summed E-state index contributed by atoms with van der Waals surface area (Å²) in [6.45, 7) is 4.25. The van der Waals surface area contributed by atoms with Crippen LogP contribution in [0.1, 0.15) is 19.4 Å². The fourth-order valence-corrected chi connectivity index (χ4v) is 3.69. The van der Waals surface area contributed by atoms with Gasteiger partial charge in [-0.1, -0.05) is 43.8 Å². The molecule has 1 N–H and O–H groups in total. The Morgan fingerprint density at radius 2 is 2.08 bits per heavy atom. The van der Waals surface area contributed by atoms with Gasteiger partial charge in [-0.2, -0.15) is 0 Å². The van der Waals surface area contributed by atoms with Gasteiger partial charge >= 0.3 is 0 Å². The van der Waals surface area contributed by atoms with Gasteiger partial charge in [0.1, 0.15) is 0 Å². The maximum atomic E-state index is 12.4. The molecule has 1 aromatic heterocycles. The van der Waals surface area contributed by atoms with E-state index in [4.69, 9.17) is 0 Å². The van der Waals surface area contributed by atoms with E-state index in [0.29, 0.717) is 5.16 Å². The van der Waals surface area contributed by atoms with Crippen molar-refractivity contribution in [1.29, 1.82) is 0 Å². The largest absolute Gasteiger partial charge is 0.347 e. The molecule has 0 saturated carbocycles. The van der Waals surface area contributed by atoms with Crippen molar-refractivity contribution in [3.63, 3.8) is 0 Å². The number of nitrogens with zero attached hydrogens (tertiary/aromatic N) is 2. The maximum absolute atomic E-state index is 12.4. The van der Waals surface area contributed by atoms with Gasteiger partial charge in [-0.25, -0.2) is 4.98 Å². The van der Waals surface area contributed by atoms with Gasteiger partial charge in [0.15, 0.2) is 10.9 Å². The summed E-state index contributed by atoms with van der Waals surface area (Å²) >= 11 is 1.23. The summed E-state index contributed by atoms with van der Waals surface area (Å²) in [7, 11) is 1.98. The lowest BCUT2D eigenvalue weighted by atomic mass is 9.83. The average Bonchev–Trinajstić information content (AvgIpc) is 2.75. The molecule has 0 radical (unpaired) electrons. The fourth-order valence-electron chi connectivity index (χ4n) is 3.02. The number of para-hydroxylation sites is 1. The predicted octanol–water partition coefficient (Wildman–Crippen LogP) is 2.74. The number of likely N-dealkylation sites (N-methyl/N-ethyl adjacent to an activating group) is 1. The van der Waals surface area contributed by atoms with Gasteiger partial charge in [0.2, 0.25) is 0 Å². The summed E-state index contributed by atoms with van der Waals surface area (Å²) in [6, 6.07) is 9.54. The molecule has 1 aliphatic rings. The number of H-pyrrole nitrogens is 1. The number of rotatable bonds is 4. The van der Waals surface area contributed by atoms with Gasteiger partial charge in [0.05, 0.1) is 5.75 Å². The highest BCUT2D eigenvalue weighted by Gasteiger charge is 2.38. The summed E-state index contributed by atoms with van der Waals surface area (Å²) in [5, 5.41) is 0.455. The molecular formula is C18H19N3O2S. The molecule has 6 heteroatoms. The van der Waals surface area contributed by atoms with Crippen molar-refractivity contribution in [2.24, 2.45) is 0 Å². The van der Waals surface area contributed by atoms with Crippen molar-refractivity contribution in [1.82, 2.24) is 9.97 Å². The van der Waals surface area contributed by atoms with Crippen LogP contribution in [0, 0.1) is 0 Å². The van der Waals surface area contributed by atoms with Crippen LogP contribution >= 0.6 is 11.8 Å². The van der Waals surface area contributed by atoms with Crippen LogP contribution in [-0.2, 0) is 10.2 Å². The minimum atomic E-state index is -0.217. The minimum Gasteiger partial charge on any atom is -0.347 e. The average molecular weight is 341 g/mol. The monoisotopic (exact) mass is 341 g/mol. The number of thioether (sulfide) groups is 1. The summed E-state index contributed by atoms with van der Waals surface area (Å²) in [6.07, 6.45) is 3.14. The Kier molecular flexibility index (Phi) is 4.32. The molecule has 1 aromatic carbocycles. The maximum Gasteiger partial charge on any atom is 0.251 e. The zero-order valence-electron chi connectivity index (χ0n) is 13.9. The van der Waals surface area contributed by atoms with E-state index in [1.165, 1.54) is 29.6 Å². The number of anilines is 1. The molecule has 0 fully saturated rings. The van der Waals surface area contributed by atoms with E-state index in [2.05, 4.69) is 40.8 Å². The highest BCUT2D eigenvalue weighted by Crippen LogP contribution is 2.46. The van der Waals surface area contributed by atoms with E-state index in [1.807, 2.05) is 19.2 Å². The third kappa shape index (κ3) is 3.01. The second-order valence-electron chi connectivity index (χ2n) is 6.22. The number of ketones is 1. The fraction of sp³-hybridized carbons (Fsp3) is 0.278. The number of hydrogen-bond acceptors (Lipinski definition) is 5. The first-order valence-electron chi connectivity index (χ1n) is 7.66. The van der Waals surface area contributed by atoms with Crippen molar-refractivity contribution in [2.45, 2.75) is 24.4 Å². The second-order valence-corrected chi connectivity index (χ2v) is 7.19. The number of benzene rings is 1. The Morgan fingerprint density at radius 3 is 2.79 bits per heavy atom. The van der Waals surface area contributed by atoms with E-state index in [-0.39, 0.29) is 22.5 Å². The van der Waals surface area contributed by atoms with Gasteiger partial charge in [-0.3, -0.25) is 9.59 Å². The Bertz CT molecular complexity index is 870. The Labute approximate surface area is 144 Å². The van der Waals surface area contributed by atoms with Gasteiger partial charge in [-0.15, -0.1) is 0 Å². The number of aromatic amines is 1. The molecule has 0 atom stereocenters. The van der Waals surface area contributed by atoms with E-state index < -0.39 is 0 Å². The molecule has 124 valence electrons. The van der Waals surface area contributed by atoms with Crippen LogP contribution in [0.2, 0.25) is 0 Å². The van der Waals surface area contributed by atoms with Gasteiger partial charge in [0.25, 0.3) is 5.56 Å². The topological polar surface area (TPSA) is 66.1 Å². The Hall–Kier alpha value is -2.34. The zero-order valence-corrected chi connectivity index (χ0v) is 14.7. The second kappa shape index (κ2) is 6.28. The van der Waals surface area contributed by atoms with Crippen molar-refractivity contribution in [2.75, 3.05) is 17.7 Å². The molecule has 2 aromatic rings. The number of hydrogen-bond donors (Lipinski definition) is 1.